The molecule has 2 aromatic rings. The van der Waals surface area contributed by atoms with E-state index in [1.54, 1.807) is 0 Å². The van der Waals surface area contributed by atoms with Gasteiger partial charge in [-0.2, -0.15) is 11.8 Å². The van der Waals surface area contributed by atoms with Gasteiger partial charge < -0.3 is 4.57 Å². The van der Waals surface area contributed by atoms with Crippen LogP contribution < -0.4 is 0 Å². The molecule has 2 atom stereocenters. The standard InChI is InChI=1S/C14H18ClN3S/c1-19-12-6-2-5-11(12)18-13(7-8-15)17-10-4-3-9-16-14(10)18/h3-4,9,11-12H,2,5-8H2,1H3. The van der Waals surface area contributed by atoms with Gasteiger partial charge in [0.05, 0.1) is 0 Å². The average molecular weight is 296 g/mol. The van der Waals surface area contributed by atoms with E-state index in [9.17, 15) is 0 Å². The Morgan fingerprint density at radius 1 is 1.47 bits per heavy atom. The van der Waals surface area contributed by atoms with E-state index < -0.39 is 0 Å². The van der Waals surface area contributed by atoms with E-state index in [0.717, 1.165) is 23.4 Å². The third-order valence-corrected chi connectivity index (χ3v) is 5.24. The molecule has 0 bridgehead atoms. The van der Waals surface area contributed by atoms with Gasteiger partial charge in [0.1, 0.15) is 11.3 Å². The van der Waals surface area contributed by atoms with Gasteiger partial charge in [-0.05, 0) is 31.2 Å². The van der Waals surface area contributed by atoms with Crippen LogP contribution in [0.3, 0.4) is 0 Å². The smallest absolute Gasteiger partial charge is 0.160 e. The summed E-state index contributed by atoms with van der Waals surface area (Å²) in [7, 11) is 0. The largest absolute Gasteiger partial charge is 0.308 e. The summed E-state index contributed by atoms with van der Waals surface area (Å²) in [5, 5.41) is 0.675. The minimum Gasteiger partial charge on any atom is -0.308 e. The summed E-state index contributed by atoms with van der Waals surface area (Å²) in [6, 6.07) is 4.51. The first-order valence-electron chi connectivity index (χ1n) is 6.75. The maximum Gasteiger partial charge on any atom is 0.160 e. The molecule has 1 aliphatic carbocycles. The van der Waals surface area contributed by atoms with Crippen molar-refractivity contribution < 1.29 is 0 Å². The van der Waals surface area contributed by atoms with Crippen LogP contribution in [-0.4, -0.2) is 31.9 Å². The first-order chi connectivity index (χ1) is 9.35. The number of thioether (sulfide) groups is 1. The van der Waals surface area contributed by atoms with Crippen LogP contribution in [0.25, 0.3) is 11.2 Å². The number of fused-ring (bicyclic) bond motifs is 1. The molecule has 0 N–H and O–H groups in total. The van der Waals surface area contributed by atoms with Gasteiger partial charge in [-0.3, -0.25) is 0 Å². The van der Waals surface area contributed by atoms with Crippen LogP contribution in [0.4, 0.5) is 0 Å². The highest BCUT2D eigenvalue weighted by molar-refractivity contribution is 7.99. The lowest BCUT2D eigenvalue weighted by Crippen LogP contribution is -2.18. The van der Waals surface area contributed by atoms with Crippen LogP contribution in [0.1, 0.15) is 31.1 Å². The lowest BCUT2D eigenvalue weighted by Gasteiger charge is -2.21. The maximum atomic E-state index is 5.93. The molecule has 1 fully saturated rings. The van der Waals surface area contributed by atoms with Gasteiger partial charge in [0, 0.05) is 29.8 Å². The predicted octanol–water partition coefficient (Wildman–Crippen LogP) is 3.67. The van der Waals surface area contributed by atoms with E-state index in [4.69, 9.17) is 16.6 Å². The molecule has 0 saturated heterocycles. The number of hydrogen-bond donors (Lipinski definition) is 0. The number of nitrogens with zero attached hydrogens (tertiary/aromatic N) is 3. The van der Waals surface area contributed by atoms with Crippen LogP contribution in [0.2, 0.25) is 0 Å². The van der Waals surface area contributed by atoms with Crippen molar-refractivity contribution in [3.8, 4) is 0 Å². The number of rotatable bonds is 4. The molecule has 2 unspecified atom stereocenters. The molecule has 3 rings (SSSR count). The minimum atomic E-state index is 0.521. The van der Waals surface area contributed by atoms with E-state index in [-0.39, 0.29) is 0 Å². The van der Waals surface area contributed by atoms with E-state index in [2.05, 4.69) is 15.8 Å². The second kappa shape index (κ2) is 5.71. The summed E-state index contributed by atoms with van der Waals surface area (Å²) >= 11 is 7.90. The Labute approximate surface area is 122 Å². The molecule has 2 heterocycles. The summed E-state index contributed by atoms with van der Waals surface area (Å²) < 4.78 is 2.35. The summed E-state index contributed by atoms with van der Waals surface area (Å²) in [5.74, 6) is 1.70. The molecule has 0 amide bonds. The van der Waals surface area contributed by atoms with Gasteiger partial charge in [-0.25, -0.2) is 9.97 Å². The molecule has 0 radical (unpaired) electrons. The van der Waals surface area contributed by atoms with Gasteiger partial charge in [0.25, 0.3) is 0 Å². The molecule has 102 valence electrons. The zero-order chi connectivity index (χ0) is 13.2. The molecule has 0 spiro atoms. The van der Waals surface area contributed by atoms with Gasteiger partial charge in [-0.1, -0.05) is 6.42 Å². The third kappa shape index (κ3) is 2.36. The van der Waals surface area contributed by atoms with Crippen molar-refractivity contribution in [1.82, 2.24) is 14.5 Å². The minimum absolute atomic E-state index is 0.521. The maximum absolute atomic E-state index is 5.93. The topological polar surface area (TPSA) is 30.7 Å². The van der Waals surface area contributed by atoms with Gasteiger partial charge >= 0.3 is 0 Å². The first-order valence-corrected chi connectivity index (χ1v) is 8.58. The van der Waals surface area contributed by atoms with Gasteiger partial charge in [0.2, 0.25) is 0 Å². The van der Waals surface area contributed by atoms with Crippen molar-refractivity contribution in [3.05, 3.63) is 24.2 Å². The van der Waals surface area contributed by atoms with Crippen molar-refractivity contribution in [2.24, 2.45) is 0 Å². The number of hydrogen-bond acceptors (Lipinski definition) is 3. The van der Waals surface area contributed by atoms with Crippen molar-refractivity contribution in [3.63, 3.8) is 0 Å². The lowest BCUT2D eigenvalue weighted by molar-refractivity contribution is 0.519. The molecule has 0 aromatic carbocycles. The number of alkyl halides is 1. The van der Waals surface area contributed by atoms with Crippen LogP contribution in [0.15, 0.2) is 18.3 Å². The van der Waals surface area contributed by atoms with Crippen LogP contribution in [0, 0.1) is 0 Å². The predicted molar refractivity (Wildman–Crippen MR) is 82.1 cm³/mol. The highest BCUT2D eigenvalue weighted by Crippen LogP contribution is 2.39. The third-order valence-electron chi connectivity index (χ3n) is 3.89. The van der Waals surface area contributed by atoms with Crippen LogP contribution in [0.5, 0.6) is 0 Å². The van der Waals surface area contributed by atoms with Crippen molar-refractivity contribution >= 4 is 34.5 Å². The zero-order valence-electron chi connectivity index (χ0n) is 11.1. The average Bonchev–Trinajstić information content (AvgIpc) is 3.01. The highest BCUT2D eigenvalue weighted by Gasteiger charge is 2.31. The number of halogens is 1. The molecule has 2 aromatic heterocycles. The summed E-state index contributed by atoms with van der Waals surface area (Å²) in [6.45, 7) is 0. The summed E-state index contributed by atoms with van der Waals surface area (Å²) in [6.07, 6.45) is 8.69. The monoisotopic (exact) mass is 295 g/mol. The normalized spacial score (nSPS) is 23.3. The molecule has 1 saturated carbocycles. The molecule has 0 aliphatic heterocycles. The Balaban J connectivity index is 2.11. The van der Waals surface area contributed by atoms with Crippen LogP contribution >= 0.6 is 23.4 Å². The lowest BCUT2D eigenvalue weighted by atomic mass is 10.2. The Kier molecular flexibility index (Phi) is 3.99. The first kappa shape index (κ1) is 13.3. The summed E-state index contributed by atoms with van der Waals surface area (Å²) in [5.41, 5.74) is 2.02. The number of aromatic nitrogens is 3. The Morgan fingerprint density at radius 3 is 3.16 bits per heavy atom. The Bertz CT molecular complexity index is 569. The quantitative estimate of drug-likeness (QED) is 0.806. The van der Waals surface area contributed by atoms with Crippen molar-refractivity contribution in [2.75, 3.05) is 12.1 Å². The molecule has 5 heteroatoms. The fourth-order valence-corrected chi connectivity index (χ4v) is 4.21. The van der Waals surface area contributed by atoms with Gasteiger partial charge in [-0.15, -0.1) is 11.6 Å². The fourth-order valence-electron chi connectivity index (χ4n) is 3.06. The van der Waals surface area contributed by atoms with E-state index >= 15 is 0 Å². The number of imidazole rings is 1. The number of pyridine rings is 1. The van der Waals surface area contributed by atoms with Gasteiger partial charge in [0.15, 0.2) is 5.65 Å². The molecule has 19 heavy (non-hydrogen) atoms. The number of aryl methyl sites for hydroxylation is 1. The molecule has 3 nitrogen and oxygen atoms in total. The highest BCUT2D eigenvalue weighted by atomic mass is 35.5. The van der Waals surface area contributed by atoms with E-state index in [1.165, 1.54) is 19.3 Å². The zero-order valence-corrected chi connectivity index (χ0v) is 12.6. The second-order valence-corrected chi connectivity index (χ2v) is 6.41. The fraction of sp³-hybridized carbons (Fsp3) is 0.571. The second-order valence-electron chi connectivity index (χ2n) is 4.96. The molecular formula is C14H18ClN3S. The van der Waals surface area contributed by atoms with Crippen molar-refractivity contribution in [2.45, 2.75) is 37.0 Å². The molecule has 1 aliphatic rings. The SMILES string of the molecule is CSC1CCCC1n1c(CCCl)nc2cccnc21. The Hall–Kier alpha value is -0.740. The van der Waals surface area contributed by atoms with Crippen LogP contribution in [-0.2, 0) is 6.42 Å². The molecular weight excluding hydrogens is 278 g/mol. The van der Waals surface area contributed by atoms with E-state index in [1.807, 2.05) is 30.1 Å². The Morgan fingerprint density at radius 2 is 2.37 bits per heavy atom. The summed E-state index contributed by atoms with van der Waals surface area (Å²) in [4.78, 5) is 9.27. The van der Waals surface area contributed by atoms with Crippen molar-refractivity contribution in [1.29, 1.82) is 0 Å². The van der Waals surface area contributed by atoms with E-state index in [0.29, 0.717) is 17.2 Å².